The van der Waals surface area contributed by atoms with Crippen LogP contribution >= 0.6 is 0 Å². The second-order valence-electron chi connectivity index (χ2n) is 11.2. The molecule has 0 radical (unpaired) electrons. The van der Waals surface area contributed by atoms with Gasteiger partial charge >= 0.3 is 6.03 Å². The van der Waals surface area contributed by atoms with Gasteiger partial charge in [-0.05, 0) is 49.3 Å². The van der Waals surface area contributed by atoms with Crippen molar-refractivity contribution in [3.8, 4) is 0 Å². The minimum absolute atomic E-state index is 0.0258. The molecule has 238 valence electrons. The molecule has 1 heterocycles. The molecule has 2 unspecified atom stereocenters. The largest absolute Gasteiger partial charge is 0.370 e. The number of carbonyl (C=O) groups is 3. The van der Waals surface area contributed by atoms with Crippen LogP contribution in [0, 0.1) is 0 Å². The highest BCUT2D eigenvalue weighted by atomic mass is 16.2. The number of nitrogens with two attached hydrogens (primary N) is 3. The lowest BCUT2D eigenvalue weighted by atomic mass is 10.0. The van der Waals surface area contributed by atoms with Gasteiger partial charge in [-0.25, -0.2) is 4.79 Å². The van der Waals surface area contributed by atoms with Gasteiger partial charge in [-0.1, -0.05) is 74.7 Å². The van der Waals surface area contributed by atoms with E-state index in [0.29, 0.717) is 38.8 Å². The summed E-state index contributed by atoms with van der Waals surface area (Å²) in [4.78, 5) is 48.1. The van der Waals surface area contributed by atoms with E-state index in [0.717, 1.165) is 47.7 Å². The summed E-state index contributed by atoms with van der Waals surface area (Å²) >= 11 is 0. The van der Waals surface area contributed by atoms with Gasteiger partial charge in [0.25, 0.3) is 0 Å². The molecular formula is C33H48N8O3. The van der Waals surface area contributed by atoms with Crippen LogP contribution < -0.4 is 27.8 Å². The van der Waals surface area contributed by atoms with E-state index in [4.69, 9.17) is 17.2 Å². The molecule has 2 aromatic carbocycles. The molecule has 9 N–H and O–H groups in total. The first-order valence-electron chi connectivity index (χ1n) is 15.5. The average Bonchev–Trinajstić information content (AvgIpc) is 3.41. The number of aromatic nitrogens is 1. The molecule has 0 aliphatic heterocycles. The standard InChI is InChI=1S/C33H48N8O3/c1-2-3-4-10-20-41(33(36)44)23-26(21-25-22-38-28-15-9-8-14-27(25)28)39-31(43)29(16-11-19-37-32(34)35)40-30(42)18-17-24-12-6-5-7-13-24/h5-9,12-15,22,26,29,38H,2-4,10-11,16-21,23H2,1H3,(H2,36,44)(H,39,43)(H,40,42)(H4,34,35,37). The summed E-state index contributed by atoms with van der Waals surface area (Å²) in [6.45, 7) is 3.22. The lowest BCUT2D eigenvalue weighted by Gasteiger charge is -2.29. The smallest absolute Gasteiger partial charge is 0.314 e. The Morgan fingerprint density at radius 3 is 2.41 bits per heavy atom. The SMILES string of the molecule is CCCCCCN(CC(Cc1c[nH]c2ccccc12)NC(=O)C(CCCN=C(N)N)NC(=O)CCc1ccccc1)C(N)=O. The molecule has 0 bridgehead atoms. The number of aromatic amines is 1. The molecule has 0 saturated heterocycles. The number of aliphatic imine (C=N–C) groups is 1. The van der Waals surface area contributed by atoms with E-state index >= 15 is 0 Å². The number of hydrogen-bond acceptors (Lipinski definition) is 4. The molecule has 44 heavy (non-hydrogen) atoms. The number of benzene rings is 2. The number of hydrogen-bond donors (Lipinski definition) is 6. The van der Waals surface area contributed by atoms with Crippen LogP contribution in [0.2, 0.25) is 0 Å². The molecule has 0 aliphatic rings. The first-order chi connectivity index (χ1) is 21.3. The maximum atomic E-state index is 13.8. The topological polar surface area (TPSA) is 185 Å². The normalized spacial score (nSPS) is 12.3. The first kappa shape index (κ1) is 34.0. The van der Waals surface area contributed by atoms with Crippen LogP contribution in [0.5, 0.6) is 0 Å². The number of urea groups is 1. The minimum Gasteiger partial charge on any atom is -0.370 e. The van der Waals surface area contributed by atoms with Crippen molar-refractivity contribution in [1.82, 2.24) is 20.5 Å². The Bertz CT molecular complexity index is 1350. The number of rotatable bonds is 19. The Morgan fingerprint density at radius 2 is 1.68 bits per heavy atom. The zero-order chi connectivity index (χ0) is 31.7. The lowest BCUT2D eigenvalue weighted by Crippen LogP contribution is -2.54. The van der Waals surface area contributed by atoms with Crippen LogP contribution in [-0.4, -0.2) is 65.4 Å². The summed E-state index contributed by atoms with van der Waals surface area (Å²) < 4.78 is 0. The van der Waals surface area contributed by atoms with E-state index in [-0.39, 0.29) is 30.7 Å². The molecular weight excluding hydrogens is 556 g/mol. The van der Waals surface area contributed by atoms with Crippen molar-refractivity contribution in [2.24, 2.45) is 22.2 Å². The highest BCUT2D eigenvalue weighted by Crippen LogP contribution is 2.20. The van der Waals surface area contributed by atoms with Crippen molar-refractivity contribution in [1.29, 1.82) is 0 Å². The monoisotopic (exact) mass is 604 g/mol. The molecule has 0 spiro atoms. The van der Waals surface area contributed by atoms with Gasteiger partial charge in [-0.3, -0.25) is 14.6 Å². The minimum atomic E-state index is -0.801. The quantitative estimate of drug-likeness (QED) is 0.0695. The molecule has 2 atom stereocenters. The van der Waals surface area contributed by atoms with Crippen LogP contribution in [0.15, 0.2) is 65.8 Å². The zero-order valence-electron chi connectivity index (χ0n) is 25.8. The summed E-state index contributed by atoms with van der Waals surface area (Å²) in [6.07, 6.45) is 8.02. The fraction of sp³-hybridized carbons (Fsp3) is 0.455. The first-order valence-corrected chi connectivity index (χ1v) is 15.5. The summed E-state index contributed by atoms with van der Waals surface area (Å²) in [7, 11) is 0. The Hall–Kier alpha value is -4.54. The van der Waals surface area contributed by atoms with E-state index in [1.54, 1.807) is 4.90 Å². The third-order valence-electron chi connectivity index (χ3n) is 7.60. The summed E-state index contributed by atoms with van der Waals surface area (Å²) in [5, 5.41) is 7.10. The molecule has 3 rings (SSSR count). The van der Waals surface area contributed by atoms with Crippen LogP contribution in [0.4, 0.5) is 4.79 Å². The number of carbonyl (C=O) groups excluding carboxylic acids is 3. The lowest BCUT2D eigenvalue weighted by molar-refractivity contribution is -0.129. The van der Waals surface area contributed by atoms with E-state index in [9.17, 15) is 14.4 Å². The number of nitrogens with zero attached hydrogens (tertiary/aromatic N) is 2. The molecule has 1 aromatic heterocycles. The number of guanidine groups is 1. The summed E-state index contributed by atoms with van der Waals surface area (Å²) in [5.41, 5.74) is 19.8. The summed E-state index contributed by atoms with van der Waals surface area (Å²) in [5.74, 6) is -0.580. The molecule has 3 aromatic rings. The predicted octanol–water partition coefficient (Wildman–Crippen LogP) is 3.33. The third kappa shape index (κ3) is 11.6. The van der Waals surface area contributed by atoms with Gasteiger partial charge < -0.3 is 37.7 Å². The molecule has 0 aliphatic carbocycles. The maximum Gasteiger partial charge on any atom is 0.314 e. The maximum absolute atomic E-state index is 13.8. The van der Waals surface area contributed by atoms with Crippen LogP contribution in [0.1, 0.15) is 63.0 Å². The van der Waals surface area contributed by atoms with Gasteiger partial charge in [-0.15, -0.1) is 0 Å². The fourth-order valence-electron chi connectivity index (χ4n) is 5.26. The zero-order valence-corrected chi connectivity index (χ0v) is 25.8. The number of unbranched alkanes of at least 4 members (excludes halogenated alkanes) is 3. The van der Waals surface area contributed by atoms with E-state index in [2.05, 4.69) is 27.5 Å². The molecule has 11 heteroatoms. The number of nitrogens with one attached hydrogen (secondary N) is 3. The van der Waals surface area contributed by atoms with Crippen molar-refractivity contribution >= 4 is 34.7 Å². The Balaban J connectivity index is 1.77. The number of primary amides is 1. The van der Waals surface area contributed by atoms with Gasteiger partial charge in [0.2, 0.25) is 11.8 Å². The third-order valence-corrected chi connectivity index (χ3v) is 7.60. The molecule has 0 saturated carbocycles. The van der Waals surface area contributed by atoms with Gasteiger partial charge in [0.15, 0.2) is 5.96 Å². The second-order valence-corrected chi connectivity index (χ2v) is 11.2. The highest BCUT2D eigenvalue weighted by molar-refractivity contribution is 5.88. The predicted molar refractivity (Wildman–Crippen MR) is 176 cm³/mol. The molecule has 4 amide bonds. The fourth-order valence-corrected chi connectivity index (χ4v) is 5.26. The Labute approximate surface area is 260 Å². The number of H-pyrrole nitrogens is 1. The highest BCUT2D eigenvalue weighted by Gasteiger charge is 2.26. The van der Waals surface area contributed by atoms with E-state index < -0.39 is 18.1 Å². The van der Waals surface area contributed by atoms with E-state index in [1.165, 1.54) is 0 Å². The van der Waals surface area contributed by atoms with E-state index in [1.807, 2.05) is 60.8 Å². The van der Waals surface area contributed by atoms with Crippen LogP contribution in [0.25, 0.3) is 10.9 Å². The van der Waals surface area contributed by atoms with Gasteiger partial charge in [0, 0.05) is 43.2 Å². The Morgan fingerprint density at radius 1 is 0.932 bits per heavy atom. The van der Waals surface area contributed by atoms with Crippen molar-refractivity contribution in [3.63, 3.8) is 0 Å². The second kappa shape index (κ2) is 18.2. The number of amides is 4. The van der Waals surface area contributed by atoms with Crippen LogP contribution in [-0.2, 0) is 22.4 Å². The molecule has 0 fully saturated rings. The number of para-hydroxylation sites is 1. The van der Waals surface area contributed by atoms with Crippen molar-refractivity contribution < 1.29 is 14.4 Å². The average molecular weight is 605 g/mol. The van der Waals surface area contributed by atoms with Crippen molar-refractivity contribution in [2.45, 2.75) is 76.8 Å². The van der Waals surface area contributed by atoms with Crippen LogP contribution in [0.3, 0.4) is 0 Å². The van der Waals surface area contributed by atoms with Crippen molar-refractivity contribution in [2.75, 3.05) is 19.6 Å². The number of fused-ring (bicyclic) bond motifs is 1. The van der Waals surface area contributed by atoms with Crippen molar-refractivity contribution in [3.05, 3.63) is 71.9 Å². The summed E-state index contributed by atoms with van der Waals surface area (Å²) in [6, 6.07) is 15.9. The molecule has 11 nitrogen and oxygen atoms in total. The number of aryl methyl sites for hydroxylation is 1. The van der Waals surface area contributed by atoms with Gasteiger partial charge in [0.05, 0.1) is 6.04 Å². The Kier molecular flexibility index (Phi) is 14.0. The van der Waals surface area contributed by atoms with Gasteiger partial charge in [-0.2, -0.15) is 0 Å². The van der Waals surface area contributed by atoms with Gasteiger partial charge in [0.1, 0.15) is 6.04 Å².